The number of phenols is 1. The highest BCUT2D eigenvalue weighted by atomic mass is 35.5. The highest BCUT2D eigenvalue weighted by Crippen LogP contribution is 2.23. The molecule has 2 atom stereocenters. The maximum Gasteiger partial charge on any atom is 0.255 e. The Morgan fingerprint density at radius 1 is 1.39 bits per heavy atom. The number of aromatic hydroxyl groups is 1. The van der Waals surface area contributed by atoms with Crippen molar-refractivity contribution in [2.24, 2.45) is 5.73 Å². The zero-order valence-corrected chi connectivity index (χ0v) is 10.8. The van der Waals surface area contributed by atoms with Crippen molar-refractivity contribution in [2.45, 2.75) is 37.8 Å². The van der Waals surface area contributed by atoms with Gasteiger partial charge in [0.2, 0.25) is 0 Å². The molecule has 98 valence electrons. The molecule has 2 unspecified atom stereocenters. The standard InChI is InChI=1S/C13H17ClN2O2/c14-8-5-6-12(17)9(7-8)13(18)16-11-4-2-1-3-10(11)15/h5-7,10-11,17H,1-4,15H2,(H,16,18). The molecule has 0 radical (unpaired) electrons. The summed E-state index contributed by atoms with van der Waals surface area (Å²) < 4.78 is 0. The molecular formula is C13H17ClN2O2. The molecule has 0 spiro atoms. The van der Waals surface area contributed by atoms with E-state index in [4.69, 9.17) is 17.3 Å². The zero-order chi connectivity index (χ0) is 13.1. The molecule has 1 aliphatic carbocycles. The molecule has 1 aromatic carbocycles. The fraction of sp³-hybridized carbons (Fsp3) is 0.462. The van der Waals surface area contributed by atoms with Crippen LogP contribution in [0.5, 0.6) is 5.75 Å². The van der Waals surface area contributed by atoms with Crippen LogP contribution in [0.4, 0.5) is 0 Å². The molecule has 5 heteroatoms. The summed E-state index contributed by atoms with van der Waals surface area (Å²) in [4.78, 5) is 12.0. The van der Waals surface area contributed by atoms with Gasteiger partial charge in [-0.2, -0.15) is 0 Å². The highest BCUT2D eigenvalue weighted by Gasteiger charge is 2.24. The Hall–Kier alpha value is -1.26. The Bertz CT molecular complexity index is 451. The number of rotatable bonds is 2. The normalized spacial score (nSPS) is 23.7. The molecule has 18 heavy (non-hydrogen) atoms. The van der Waals surface area contributed by atoms with Crippen LogP contribution in [-0.2, 0) is 0 Å². The first-order valence-electron chi connectivity index (χ1n) is 6.13. The number of hydrogen-bond acceptors (Lipinski definition) is 3. The van der Waals surface area contributed by atoms with Gasteiger partial charge in [-0.15, -0.1) is 0 Å². The fourth-order valence-electron chi connectivity index (χ4n) is 2.28. The number of phenolic OH excluding ortho intramolecular Hbond substituents is 1. The summed E-state index contributed by atoms with van der Waals surface area (Å²) in [6.45, 7) is 0. The smallest absolute Gasteiger partial charge is 0.255 e. The van der Waals surface area contributed by atoms with Gasteiger partial charge >= 0.3 is 0 Å². The maximum atomic E-state index is 12.0. The number of amides is 1. The first-order chi connectivity index (χ1) is 8.58. The monoisotopic (exact) mass is 268 g/mol. The van der Waals surface area contributed by atoms with Gasteiger partial charge in [0.15, 0.2) is 0 Å². The van der Waals surface area contributed by atoms with Crippen LogP contribution < -0.4 is 11.1 Å². The van der Waals surface area contributed by atoms with E-state index in [9.17, 15) is 9.90 Å². The van der Waals surface area contributed by atoms with Crippen molar-refractivity contribution < 1.29 is 9.90 Å². The molecule has 1 fully saturated rings. The molecule has 1 saturated carbocycles. The van der Waals surface area contributed by atoms with Crippen molar-refractivity contribution in [3.05, 3.63) is 28.8 Å². The number of hydrogen-bond donors (Lipinski definition) is 3. The van der Waals surface area contributed by atoms with E-state index in [1.54, 1.807) is 6.07 Å². The molecule has 0 saturated heterocycles. The summed E-state index contributed by atoms with van der Waals surface area (Å²) in [7, 11) is 0. The van der Waals surface area contributed by atoms with Crippen molar-refractivity contribution in [2.75, 3.05) is 0 Å². The molecule has 2 rings (SSSR count). The molecule has 4 nitrogen and oxygen atoms in total. The van der Waals surface area contributed by atoms with E-state index in [0.29, 0.717) is 5.02 Å². The van der Waals surface area contributed by atoms with Crippen molar-refractivity contribution in [1.82, 2.24) is 5.32 Å². The minimum absolute atomic E-state index is 0.0102. The number of benzene rings is 1. The van der Waals surface area contributed by atoms with E-state index in [-0.39, 0.29) is 29.3 Å². The maximum absolute atomic E-state index is 12.0. The number of halogens is 1. The third-order valence-electron chi connectivity index (χ3n) is 3.34. The Morgan fingerprint density at radius 2 is 2.11 bits per heavy atom. The minimum Gasteiger partial charge on any atom is -0.507 e. The summed E-state index contributed by atoms with van der Waals surface area (Å²) in [5, 5.41) is 12.9. The fourth-order valence-corrected chi connectivity index (χ4v) is 2.45. The Labute approximate surface area is 111 Å². The Balaban J connectivity index is 2.09. The van der Waals surface area contributed by atoms with Crippen LogP contribution >= 0.6 is 11.6 Å². The first kappa shape index (κ1) is 13.2. The van der Waals surface area contributed by atoms with Gasteiger partial charge in [0, 0.05) is 17.1 Å². The predicted molar refractivity (Wildman–Crippen MR) is 70.8 cm³/mol. The second-order valence-electron chi connectivity index (χ2n) is 4.69. The SMILES string of the molecule is NC1CCCCC1NC(=O)c1cc(Cl)ccc1O. The lowest BCUT2D eigenvalue weighted by Crippen LogP contribution is -2.49. The number of carbonyl (C=O) groups is 1. The van der Waals surface area contributed by atoms with E-state index >= 15 is 0 Å². The van der Waals surface area contributed by atoms with Crippen LogP contribution in [0, 0.1) is 0 Å². The number of nitrogens with one attached hydrogen (secondary N) is 1. The predicted octanol–water partition coefficient (Wildman–Crippen LogP) is 2.05. The zero-order valence-electron chi connectivity index (χ0n) is 10.0. The van der Waals surface area contributed by atoms with Gasteiger partial charge in [0.25, 0.3) is 5.91 Å². The van der Waals surface area contributed by atoms with Crippen LogP contribution in [0.25, 0.3) is 0 Å². The molecule has 0 bridgehead atoms. The lowest BCUT2D eigenvalue weighted by Gasteiger charge is -2.29. The summed E-state index contributed by atoms with van der Waals surface area (Å²) in [5.74, 6) is -0.390. The first-order valence-corrected chi connectivity index (χ1v) is 6.50. The van der Waals surface area contributed by atoms with Gasteiger partial charge < -0.3 is 16.2 Å². The quantitative estimate of drug-likeness (QED) is 0.768. The van der Waals surface area contributed by atoms with Gasteiger partial charge in [-0.3, -0.25) is 4.79 Å². The molecule has 0 heterocycles. The van der Waals surface area contributed by atoms with Crippen LogP contribution in [0.1, 0.15) is 36.0 Å². The van der Waals surface area contributed by atoms with Gasteiger partial charge in [0.05, 0.1) is 5.56 Å². The molecule has 0 aliphatic heterocycles. The summed E-state index contributed by atoms with van der Waals surface area (Å²) >= 11 is 5.82. The van der Waals surface area contributed by atoms with Crippen LogP contribution in [0.15, 0.2) is 18.2 Å². The van der Waals surface area contributed by atoms with Crippen molar-refractivity contribution >= 4 is 17.5 Å². The Kier molecular flexibility index (Phi) is 4.09. The third kappa shape index (κ3) is 2.94. The largest absolute Gasteiger partial charge is 0.507 e. The summed E-state index contributed by atoms with van der Waals surface area (Å²) in [6, 6.07) is 4.38. The molecule has 1 aromatic rings. The van der Waals surface area contributed by atoms with Crippen LogP contribution in [0.3, 0.4) is 0 Å². The summed E-state index contributed by atoms with van der Waals surface area (Å²) in [6.07, 6.45) is 3.98. The number of carbonyl (C=O) groups excluding carboxylic acids is 1. The lowest BCUT2D eigenvalue weighted by atomic mass is 9.91. The highest BCUT2D eigenvalue weighted by molar-refractivity contribution is 6.31. The molecule has 0 aromatic heterocycles. The van der Waals surface area contributed by atoms with Gasteiger partial charge in [-0.25, -0.2) is 0 Å². The third-order valence-corrected chi connectivity index (χ3v) is 3.57. The minimum atomic E-state index is -0.322. The summed E-state index contributed by atoms with van der Waals surface area (Å²) in [5.41, 5.74) is 6.16. The van der Waals surface area contributed by atoms with E-state index in [0.717, 1.165) is 25.7 Å². The van der Waals surface area contributed by atoms with Crippen molar-refractivity contribution in [3.63, 3.8) is 0 Å². The molecule has 1 amide bonds. The van der Waals surface area contributed by atoms with E-state index in [2.05, 4.69) is 5.32 Å². The topological polar surface area (TPSA) is 75.3 Å². The average molecular weight is 269 g/mol. The van der Waals surface area contributed by atoms with Crippen LogP contribution in [0.2, 0.25) is 5.02 Å². The average Bonchev–Trinajstić information content (AvgIpc) is 2.35. The van der Waals surface area contributed by atoms with Gasteiger partial charge in [-0.05, 0) is 31.0 Å². The lowest BCUT2D eigenvalue weighted by molar-refractivity contribution is 0.0918. The second-order valence-corrected chi connectivity index (χ2v) is 5.13. The van der Waals surface area contributed by atoms with Crippen molar-refractivity contribution in [3.8, 4) is 5.75 Å². The second kappa shape index (κ2) is 5.59. The number of nitrogens with two attached hydrogens (primary N) is 1. The van der Waals surface area contributed by atoms with E-state index in [1.807, 2.05) is 0 Å². The Morgan fingerprint density at radius 3 is 2.83 bits per heavy atom. The van der Waals surface area contributed by atoms with E-state index < -0.39 is 0 Å². The van der Waals surface area contributed by atoms with Crippen molar-refractivity contribution in [1.29, 1.82) is 0 Å². The molecular weight excluding hydrogens is 252 g/mol. The molecule has 1 aliphatic rings. The molecule has 4 N–H and O–H groups in total. The van der Waals surface area contributed by atoms with Gasteiger partial charge in [0.1, 0.15) is 5.75 Å². The van der Waals surface area contributed by atoms with Gasteiger partial charge in [-0.1, -0.05) is 24.4 Å². The van der Waals surface area contributed by atoms with Crippen LogP contribution in [-0.4, -0.2) is 23.1 Å². The van der Waals surface area contributed by atoms with E-state index in [1.165, 1.54) is 12.1 Å².